The standard InChI is InChI=1S/C19H23ClN2O3/c1-14-11-15(20)6-7-17(14)25-13-19(23)21-12-16(18-5-4-10-24-18)22-8-2-3-9-22/h4-7,10-11,16H,2-3,8-9,12-13H2,1H3,(H,21,23). The number of nitrogens with zero attached hydrogens (tertiary/aromatic N) is 1. The quantitative estimate of drug-likeness (QED) is 0.818. The van der Waals surface area contributed by atoms with E-state index >= 15 is 0 Å². The highest BCUT2D eigenvalue weighted by Crippen LogP contribution is 2.25. The van der Waals surface area contributed by atoms with Gasteiger partial charge in [0.2, 0.25) is 0 Å². The maximum absolute atomic E-state index is 12.2. The van der Waals surface area contributed by atoms with Crippen molar-refractivity contribution < 1.29 is 13.9 Å². The molecule has 134 valence electrons. The number of halogens is 1. The van der Waals surface area contributed by atoms with Gasteiger partial charge in [-0.1, -0.05) is 11.6 Å². The first-order valence-electron chi connectivity index (χ1n) is 8.56. The van der Waals surface area contributed by atoms with Gasteiger partial charge in [0.25, 0.3) is 5.91 Å². The minimum absolute atomic E-state index is 0.0205. The fraction of sp³-hybridized carbons (Fsp3) is 0.421. The third-order valence-electron chi connectivity index (χ3n) is 4.44. The van der Waals surface area contributed by atoms with Gasteiger partial charge in [-0.2, -0.15) is 0 Å². The molecule has 3 rings (SSSR count). The van der Waals surface area contributed by atoms with Crippen LogP contribution in [0.2, 0.25) is 5.02 Å². The number of hydrogen-bond donors (Lipinski definition) is 1. The molecule has 1 aromatic heterocycles. The number of nitrogens with one attached hydrogen (secondary N) is 1. The molecule has 1 unspecified atom stereocenters. The van der Waals surface area contributed by atoms with E-state index in [4.69, 9.17) is 20.8 Å². The Labute approximate surface area is 152 Å². The Morgan fingerprint density at radius 2 is 2.16 bits per heavy atom. The average Bonchev–Trinajstić information content (AvgIpc) is 3.28. The summed E-state index contributed by atoms with van der Waals surface area (Å²) in [5.41, 5.74) is 0.908. The van der Waals surface area contributed by atoms with Gasteiger partial charge in [0, 0.05) is 11.6 Å². The number of benzene rings is 1. The van der Waals surface area contributed by atoms with Gasteiger partial charge in [0.15, 0.2) is 6.61 Å². The SMILES string of the molecule is Cc1cc(Cl)ccc1OCC(=O)NCC(c1ccco1)N1CCCC1. The molecule has 1 atom stereocenters. The van der Waals surface area contributed by atoms with Crippen molar-refractivity contribution >= 4 is 17.5 Å². The van der Waals surface area contributed by atoms with E-state index in [9.17, 15) is 4.79 Å². The van der Waals surface area contributed by atoms with Crippen LogP contribution in [0.5, 0.6) is 5.75 Å². The minimum atomic E-state index is -0.148. The first-order valence-corrected chi connectivity index (χ1v) is 8.94. The van der Waals surface area contributed by atoms with Crippen LogP contribution in [0.3, 0.4) is 0 Å². The second-order valence-corrected chi connectivity index (χ2v) is 6.71. The summed E-state index contributed by atoms with van der Waals surface area (Å²) < 4.78 is 11.2. The number of ether oxygens (including phenoxy) is 1. The normalized spacial score (nSPS) is 15.9. The van der Waals surface area contributed by atoms with E-state index in [1.54, 1.807) is 18.4 Å². The molecule has 0 saturated carbocycles. The number of amides is 1. The van der Waals surface area contributed by atoms with Crippen LogP contribution in [0.25, 0.3) is 0 Å². The molecule has 1 amide bonds. The van der Waals surface area contributed by atoms with Crippen LogP contribution >= 0.6 is 11.6 Å². The van der Waals surface area contributed by atoms with E-state index in [0.29, 0.717) is 17.3 Å². The molecule has 5 nitrogen and oxygen atoms in total. The molecule has 0 radical (unpaired) electrons. The Balaban J connectivity index is 1.53. The summed E-state index contributed by atoms with van der Waals surface area (Å²) in [7, 11) is 0. The molecule has 1 aliphatic heterocycles. The van der Waals surface area contributed by atoms with E-state index in [1.807, 2.05) is 25.1 Å². The van der Waals surface area contributed by atoms with Crippen LogP contribution in [0.4, 0.5) is 0 Å². The van der Waals surface area contributed by atoms with Gasteiger partial charge in [-0.3, -0.25) is 9.69 Å². The van der Waals surface area contributed by atoms with Crippen molar-refractivity contribution in [1.82, 2.24) is 10.2 Å². The predicted molar refractivity (Wildman–Crippen MR) is 96.9 cm³/mol. The number of aryl methyl sites for hydroxylation is 1. The van der Waals surface area contributed by atoms with Gasteiger partial charge in [-0.15, -0.1) is 0 Å². The summed E-state index contributed by atoms with van der Waals surface area (Å²) in [5, 5.41) is 3.61. The maximum Gasteiger partial charge on any atom is 0.258 e. The lowest BCUT2D eigenvalue weighted by atomic mass is 10.2. The van der Waals surface area contributed by atoms with Gasteiger partial charge in [-0.25, -0.2) is 0 Å². The van der Waals surface area contributed by atoms with Gasteiger partial charge >= 0.3 is 0 Å². The number of carbonyl (C=O) groups is 1. The van der Waals surface area contributed by atoms with E-state index in [2.05, 4.69) is 10.2 Å². The molecule has 0 spiro atoms. The van der Waals surface area contributed by atoms with Crippen molar-refractivity contribution in [2.45, 2.75) is 25.8 Å². The molecular formula is C19H23ClN2O3. The topological polar surface area (TPSA) is 54.7 Å². The van der Waals surface area contributed by atoms with E-state index in [0.717, 1.165) is 24.4 Å². The van der Waals surface area contributed by atoms with Crippen molar-refractivity contribution in [3.63, 3.8) is 0 Å². The zero-order valence-electron chi connectivity index (χ0n) is 14.3. The molecule has 2 heterocycles. The summed E-state index contributed by atoms with van der Waals surface area (Å²) in [5.74, 6) is 1.41. The molecule has 0 bridgehead atoms. The van der Waals surface area contributed by atoms with Gasteiger partial charge in [0.05, 0.1) is 12.3 Å². The summed E-state index contributed by atoms with van der Waals surface area (Å²) in [4.78, 5) is 14.5. The molecule has 1 saturated heterocycles. The summed E-state index contributed by atoms with van der Waals surface area (Å²) >= 11 is 5.93. The van der Waals surface area contributed by atoms with Crippen molar-refractivity contribution in [1.29, 1.82) is 0 Å². The molecule has 1 aromatic carbocycles. The monoisotopic (exact) mass is 362 g/mol. The van der Waals surface area contributed by atoms with Gasteiger partial charge in [0.1, 0.15) is 11.5 Å². The lowest BCUT2D eigenvalue weighted by Gasteiger charge is -2.26. The summed E-state index contributed by atoms with van der Waals surface area (Å²) in [6, 6.07) is 9.26. The number of rotatable bonds is 7. The second-order valence-electron chi connectivity index (χ2n) is 6.28. The zero-order chi connectivity index (χ0) is 17.6. The number of furan rings is 1. The highest BCUT2D eigenvalue weighted by atomic mass is 35.5. The molecule has 25 heavy (non-hydrogen) atoms. The van der Waals surface area contributed by atoms with Crippen molar-refractivity contribution in [2.24, 2.45) is 0 Å². The summed E-state index contributed by atoms with van der Waals surface area (Å²) in [6.45, 7) is 4.45. The number of carbonyl (C=O) groups excluding carboxylic acids is 1. The molecule has 6 heteroatoms. The molecule has 1 aliphatic rings. The Morgan fingerprint density at radius 1 is 1.36 bits per heavy atom. The van der Waals surface area contributed by atoms with Crippen LogP contribution < -0.4 is 10.1 Å². The molecule has 2 aromatic rings. The smallest absolute Gasteiger partial charge is 0.258 e. The maximum atomic E-state index is 12.2. The van der Waals surface area contributed by atoms with E-state index in [1.165, 1.54) is 12.8 Å². The number of hydrogen-bond acceptors (Lipinski definition) is 4. The molecule has 1 fully saturated rings. The Morgan fingerprint density at radius 3 is 2.84 bits per heavy atom. The zero-order valence-corrected chi connectivity index (χ0v) is 15.1. The van der Waals surface area contributed by atoms with Crippen LogP contribution in [-0.4, -0.2) is 37.0 Å². The van der Waals surface area contributed by atoms with Crippen molar-refractivity contribution in [3.05, 3.63) is 52.9 Å². The highest BCUT2D eigenvalue weighted by molar-refractivity contribution is 6.30. The van der Waals surface area contributed by atoms with Crippen LogP contribution in [0.1, 0.15) is 30.2 Å². The average molecular weight is 363 g/mol. The largest absolute Gasteiger partial charge is 0.484 e. The fourth-order valence-electron chi connectivity index (χ4n) is 3.12. The van der Waals surface area contributed by atoms with Crippen LogP contribution in [0, 0.1) is 6.92 Å². The Kier molecular flexibility index (Phi) is 6.00. The first-order chi connectivity index (χ1) is 12.1. The molecule has 0 aliphatic carbocycles. The van der Waals surface area contributed by atoms with E-state index < -0.39 is 0 Å². The summed E-state index contributed by atoms with van der Waals surface area (Å²) in [6.07, 6.45) is 4.04. The molecule has 1 N–H and O–H groups in total. The predicted octanol–water partition coefficient (Wildman–Crippen LogP) is 3.57. The lowest BCUT2D eigenvalue weighted by Crippen LogP contribution is -2.38. The highest BCUT2D eigenvalue weighted by Gasteiger charge is 2.25. The van der Waals surface area contributed by atoms with Crippen molar-refractivity contribution in [2.75, 3.05) is 26.2 Å². The fourth-order valence-corrected chi connectivity index (χ4v) is 3.35. The minimum Gasteiger partial charge on any atom is -0.484 e. The van der Waals surface area contributed by atoms with Gasteiger partial charge < -0.3 is 14.5 Å². The van der Waals surface area contributed by atoms with Gasteiger partial charge in [-0.05, 0) is 68.8 Å². The third-order valence-corrected chi connectivity index (χ3v) is 4.68. The van der Waals surface area contributed by atoms with E-state index in [-0.39, 0.29) is 18.6 Å². The first kappa shape index (κ1) is 17.8. The van der Waals surface area contributed by atoms with Crippen LogP contribution in [0.15, 0.2) is 41.0 Å². The number of likely N-dealkylation sites (tertiary alicyclic amines) is 1. The third kappa shape index (κ3) is 4.77. The Hall–Kier alpha value is -1.98. The van der Waals surface area contributed by atoms with Crippen molar-refractivity contribution in [3.8, 4) is 5.75 Å². The molecular weight excluding hydrogens is 340 g/mol. The Bertz CT molecular complexity index is 697. The second kappa shape index (κ2) is 8.41. The lowest BCUT2D eigenvalue weighted by molar-refractivity contribution is -0.123. The van der Waals surface area contributed by atoms with Crippen LogP contribution in [-0.2, 0) is 4.79 Å².